The maximum absolute atomic E-state index is 12.2. The van der Waals surface area contributed by atoms with Crippen LogP contribution in [0.2, 0.25) is 0 Å². The van der Waals surface area contributed by atoms with Gasteiger partial charge in [0.25, 0.3) is 5.91 Å². The molecule has 1 aromatic heterocycles. The second-order valence-corrected chi connectivity index (χ2v) is 7.44. The first-order valence-corrected chi connectivity index (χ1v) is 9.59. The summed E-state index contributed by atoms with van der Waals surface area (Å²) < 4.78 is 5.79. The summed E-state index contributed by atoms with van der Waals surface area (Å²) in [7, 11) is 0. The lowest BCUT2D eigenvalue weighted by Gasteiger charge is -1.98. The van der Waals surface area contributed by atoms with Gasteiger partial charge in [0.15, 0.2) is 5.17 Å². The first-order chi connectivity index (χ1) is 14.0. The van der Waals surface area contributed by atoms with Crippen LogP contribution >= 0.6 is 11.8 Å². The highest BCUT2D eigenvalue weighted by Crippen LogP contribution is 2.30. The minimum atomic E-state index is -0.978. The number of furan rings is 1. The van der Waals surface area contributed by atoms with Crippen molar-refractivity contribution in [2.75, 3.05) is 0 Å². The number of aliphatic imine (C=N–C) groups is 1. The molecule has 2 heterocycles. The molecule has 0 spiro atoms. The lowest BCUT2D eigenvalue weighted by molar-refractivity contribution is -0.115. The number of nitrogens with one attached hydrogen (secondary N) is 1. The molecule has 0 radical (unpaired) electrons. The van der Waals surface area contributed by atoms with E-state index in [1.807, 2.05) is 31.2 Å². The van der Waals surface area contributed by atoms with E-state index in [2.05, 4.69) is 10.3 Å². The van der Waals surface area contributed by atoms with Gasteiger partial charge in [-0.25, -0.2) is 9.79 Å². The quantitative estimate of drug-likeness (QED) is 0.607. The van der Waals surface area contributed by atoms with Crippen molar-refractivity contribution in [1.82, 2.24) is 5.32 Å². The van der Waals surface area contributed by atoms with Crippen molar-refractivity contribution in [3.8, 4) is 11.3 Å². The fourth-order valence-corrected chi connectivity index (χ4v) is 3.61. The second-order valence-electron chi connectivity index (χ2n) is 6.41. The SMILES string of the molecule is Cc1cccc(N=C2NC(=O)C(=Cc3ccc(-c4ccc(C(=O)O)cc4)o3)S2)c1. The molecule has 1 fully saturated rings. The fraction of sp³-hybridized carbons (Fsp3) is 0.0455. The molecule has 29 heavy (non-hydrogen) atoms. The number of amides is 1. The van der Waals surface area contributed by atoms with Crippen molar-refractivity contribution in [1.29, 1.82) is 0 Å². The first kappa shape index (κ1) is 18.8. The van der Waals surface area contributed by atoms with Crippen LogP contribution in [0.1, 0.15) is 21.7 Å². The van der Waals surface area contributed by atoms with Crippen molar-refractivity contribution in [3.05, 3.63) is 82.5 Å². The average Bonchev–Trinajstić information content (AvgIpc) is 3.29. The van der Waals surface area contributed by atoms with E-state index in [1.54, 1.807) is 30.3 Å². The van der Waals surface area contributed by atoms with Crippen LogP contribution in [0.15, 0.2) is 75.0 Å². The number of aromatic carboxylic acids is 1. The summed E-state index contributed by atoms with van der Waals surface area (Å²) in [4.78, 5) is 28.1. The van der Waals surface area contributed by atoms with Gasteiger partial charge in [-0.2, -0.15) is 0 Å². The van der Waals surface area contributed by atoms with Gasteiger partial charge in [-0.05, 0) is 60.6 Å². The smallest absolute Gasteiger partial charge is 0.335 e. The van der Waals surface area contributed by atoms with Crippen LogP contribution in [0.3, 0.4) is 0 Å². The number of rotatable bonds is 4. The topological polar surface area (TPSA) is 91.9 Å². The van der Waals surface area contributed by atoms with Crippen LogP contribution in [0.4, 0.5) is 5.69 Å². The Morgan fingerprint density at radius 2 is 1.93 bits per heavy atom. The van der Waals surface area contributed by atoms with Crippen LogP contribution in [-0.4, -0.2) is 22.2 Å². The van der Waals surface area contributed by atoms with Crippen LogP contribution in [0.25, 0.3) is 17.4 Å². The summed E-state index contributed by atoms with van der Waals surface area (Å²) in [6.45, 7) is 1.99. The maximum Gasteiger partial charge on any atom is 0.335 e. The number of amidine groups is 1. The van der Waals surface area contributed by atoms with Gasteiger partial charge in [0.05, 0.1) is 16.2 Å². The van der Waals surface area contributed by atoms with E-state index in [9.17, 15) is 9.59 Å². The van der Waals surface area contributed by atoms with Gasteiger partial charge in [0.2, 0.25) is 0 Å². The van der Waals surface area contributed by atoms with E-state index >= 15 is 0 Å². The molecule has 1 saturated heterocycles. The zero-order chi connectivity index (χ0) is 20.4. The summed E-state index contributed by atoms with van der Waals surface area (Å²) >= 11 is 1.25. The maximum atomic E-state index is 12.2. The van der Waals surface area contributed by atoms with Gasteiger partial charge >= 0.3 is 5.97 Å². The molecule has 0 atom stereocenters. The molecule has 144 valence electrons. The Hall–Kier alpha value is -3.58. The minimum Gasteiger partial charge on any atom is -0.478 e. The third-order valence-corrected chi connectivity index (χ3v) is 5.11. The molecule has 2 aromatic carbocycles. The molecule has 6 nitrogen and oxygen atoms in total. The number of hydrogen-bond donors (Lipinski definition) is 2. The third kappa shape index (κ3) is 4.30. The highest BCUT2D eigenvalue weighted by molar-refractivity contribution is 8.18. The zero-order valence-electron chi connectivity index (χ0n) is 15.4. The third-order valence-electron chi connectivity index (χ3n) is 4.20. The van der Waals surface area contributed by atoms with Gasteiger partial charge in [0.1, 0.15) is 11.5 Å². The Morgan fingerprint density at radius 3 is 2.66 bits per heavy atom. The Balaban J connectivity index is 1.53. The molecule has 1 aliphatic heterocycles. The number of aryl methyl sites for hydroxylation is 1. The van der Waals surface area contributed by atoms with E-state index in [4.69, 9.17) is 9.52 Å². The Labute approximate surface area is 171 Å². The molecule has 3 aromatic rings. The average molecular weight is 404 g/mol. The molecule has 1 amide bonds. The molecule has 0 saturated carbocycles. The van der Waals surface area contributed by atoms with Crippen molar-refractivity contribution in [3.63, 3.8) is 0 Å². The number of hydrogen-bond acceptors (Lipinski definition) is 5. The Kier molecular flexibility index (Phi) is 5.05. The van der Waals surface area contributed by atoms with Crippen molar-refractivity contribution >= 4 is 40.6 Å². The van der Waals surface area contributed by atoms with Gasteiger partial charge in [-0.15, -0.1) is 0 Å². The van der Waals surface area contributed by atoms with Crippen molar-refractivity contribution in [2.24, 2.45) is 4.99 Å². The van der Waals surface area contributed by atoms with Crippen molar-refractivity contribution in [2.45, 2.75) is 6.92 Å². The summed E-state index contributed by atoms with van der Waals surface area (Å²) in [6, 6.07) is 17.7. The fourth-order valence-electron chi connectivity index (χ4n) is 2.79. The molecule has 4 rings (SSSR count). The Morgan fingerprint density at radius 1 is 1.14 bits per heavy atom. The van der Waals surface area contributed by atoms with Gasteiger partial charge < -0.3 is 14.8 Å². The molecule has 1 aliphatic rings. The molecular weight excluding hydrogens is 388 g/mol. The van der Waals surface area contributed by atoms with Crippen LogP contribution in [0.5, 0.6) is 0 Å². The highest BCUT2D eigenvalue weighted by Gasteiger charge is 2.24. The lowest BCUT2D eigenvalue weighted by Crippen LogP contribution is -2.19. The van der Waals surface area contributed by atoms with Crippen molar-refractivity contribution < 1.29 is 19.1 Å². The van der Waals surface area contributed by atoms with Gasteiger partial charge in [-0.1, -0.05) is 24.3 Å². The lowest BCUT2D eigenvalue weighted by atomic mass is 10.1. The van der Waals surface area contributed by atoms with Crippen LogP contribution in [-0.2, 0) is 4.79 Å². The molecular formula is C22H16N2O4S. The summed E-state index contributed by atoms with van der Waals surface area (Å²) in [5.41, 5.74) is 2.84. The largest absolute Gasteiger partial charge is 0.478 e. The van der Waals surface area contributed by atoms with Crippen LogP contribution in [0, 0.1) is 6.92 Å². The van der Waals surface area contributed by atoms with E-state index in [0.717, 1.165) is 16.8 Å². The number of thioether (sulfide) groups is 1. The number of carboxylic acid groups (broad SMARTS) is 1. The highest BCUT2D eigenvalue weighted by atomic mass is 32.2. The number of carbonyl (C=O) groups is 2. The number of carbonyl (C=O) groups excluding carboxylic acids is 1. The second kappa shape index (κ2) is 7.81. The van der Waals surface area contributed by atoms with Gasteiger partial charge in [-0.3, -0.25) is 4.79 Å². The standard InChI is InChI=1S/C22H16N2O4S/c1-13-3-2-4-16(11-13)23-22-24-20(25)19(29-22)12-17-9-10-18(28-17)14-5-7-15(8-6-14)21(26)27/h2-12H,1H3,(H,26,27)(H,23,24,25). The molecule has 0 unspecified atom stereocenters. The van der Waals surface area contributed by atoms with E-state index < -0.39 is 5.97 Å². The zero-order valence-corrected chi connectivity index (χ0v) is 16.2. The number of benzene rings is 2. The predicted molar refractivity (Wildman–Crippen MR) is 113 cm³/mol. The molecule has 7 heteroatoms. The predicted octanol–water partition coefficient (Wildman–Crippen LogP) is 4.84. The van der Waals surface area contributed by atoms with Gasteiger partial charge in [0, 0.05) is 11.6 Å². The summed E-state index contributed by atoms with van der Waals surface area (Å²) in [6.07, 6.45) is 1.66. The van der Waals surface area contributed by atoms with E-state index in [-0.39, 0.29) is 11.5 Å². The Bertz CT molecular complexity index is 1160. The monoisotopic (exact) mass is 404 g/mol. The molecule has 0 bridgehead atoms. The van der Waals surface area contributed by atoms with E-state index in [0.29, 0.717) is 21.6 Å². The molecule has 0 aliphatic carbocycles. The summed E-state index contributed by atoms with van der Waals surface area (Å²) in [5.74, 6) is -0.0957. The number of carboxylic acids is 1. The number of nitrogens with zero attached hydrogens (tertiary/aromatic N) is 1. The normalized spacial score (nSPS) is 16.4. The minimum absolute atomic E-state index is 0.210. The molecule has 2 N–H and O–H groups in total. The first-order valence-electron chi connectivity index (χ1n) is 8.78. The van der Waals surface area contributed by atoms with Crippen LogP contribution < -0.4 is 5.32 Å². The van der Waals surface area contributed by atoms with E-state index in [1.165, 1.54) is 23.9 Å². The summed E-state index contributed by atoms with van der Waals surface area (Å²) in [5, 5.41) is 12.3.